The van der Waals surface area contributed by atoms with Gasteiger partial charge in [0.2, 0.25) is 5.91 Å². The summed E-state index contributed by atoms with van der Waals surface area (Å²) < 4.78 is -0.799. The lowest BCUT2D eigenvalue weighted by Crippen LogP contribution is -2.58. The van der Waals surface area contributed by atoms with E-state index in [2.05, 4.69) is 47.0 Å². The summed E-state index contributed by atoms with van der Waals surface area (Å²) >= 11 is 1.55. The average Bonchev–Trinajstić information content (AvgIpc) is 3.21. The van der Waals surface area contributed by atoms with Crippen molar-refractivity contribution < 1.29 is 24.6 Å². The summed E-state index contributed by atoms with van der Waals surface area (Å²) in [5.41, 5.74) is 4.49. The predicted molar refractivity (Wildman–Crippen MR) is 210 cm³/mol. The maximum absolute atomic E-state index is 14.7. The monoisotopic (exact) mass is 720 g/mol. The van der Waals surface area contributed by atoms with Gasteiger partial charge in [0.25, 0.3) is 0 Å². The molecule has 8 heteroatoms. The van der Waals surface area contributed by atoms with Crippen LogP contribution in [-0.4, -0.2) is 45.9 Å². The van der Waals surface area contributed by atoms with Crippen LogP contribution in [-0.2, 0) is 24.7 Å². The number of carbonyl (C=O) groups is 3. The molecule has 0 aliphatic heterocycles. The number of hydrogen-bond acceptors (Lipinski definition) is 5. The van der Waals surface area contributed by atoms with E-state index < -0.39 is 46.6 Å². The van der Waals surface area contributed by atoms with Crippen molar-refractivity contribution in [2.45, 2.75) is 28.8 Å². The molecule has 0 unspecified atom stereocenters. The van der Waals surface area contributed by atoms with Crippen LogP contribution in [0.3, 0.4) is 0 Å². The molecular weight excluding hydrogens is 681 g/mol. The van der Waals surface area contributed by atoms with Crippen LogP contribution in [0.1, 0.15) is 39.8 Å². The Labute approximate surface area is 313 Å². The average molecular weight is 721 g/mol. The van der Waals surface area contributed by atoms with E-state index in [0.717, 1.165) is 33.4 Å². The molecule has 0 aliphatic rings. The van der Waals surface area contributed by atoms with Gasteiger partial charge in [-0.1, -0.05) is 182 Å². The van der Waals surface area contributed by atoms with Crippen molar-refractivity contribution in [2.24, 2.45) is 0 Å². The van der Waals surface area contributed by atoms with Gasteiger partial charge >= 0.3 is 11.9 Å². The highest BCUT2D eigenvalue weighted by molar-refractivity contribution is 8.00. The number of hydrogen-bond donors (Lipinski definition) is 4. The van der Waals surface area contributed by atoms with Crippen LogP contribution in [0.25, 0.3) is 0 Å². The first kappa shape index (κ1) is 36.8. The molecule has 0 aliphatic carbocycles. The van der Waals surface area contributed by atoms with Crippen LogP contribution in [0.4, 0.5) is 0 Å². The fourth-order valence-electron chi connectivity index (χ4n) is 6.88. The van der Waals surface area contributed by atoms with Gasteiger partial charge in [-0.25, -0.2) is 4.79 Å². The number of rotatable bonds is 16. The van der Waals surface area contributed by atoms with Gasteiger partial charge in [0.1, 0.15) is 6.04 Å². The number of carboxylic acid groups (broad SMARTS) is 2. The molecule has 53 heavy (non-hydrogen) atoms. The minimum Gasteiger partial charge on any atom is -0.481 e. The van der Waals surface area contributed by atoms with Gasteiger partial charge in [0, 0.05) is 5.75 Å². The summed E-state index contributed by atoms with van der Waals surface area (Å²) in [5, 5.41) is 25.9. The van der Waals surface area contributed by atoms with Gasteiger partial charge in [-0.05, 0) is 33.4 Å². The van der Waals surface area contributed by atoms with Crippen molar-refractivity contribution in [3.05, 3.63) is 215 Å². The van der Waals surface area contributed by atoms with Crippen LogP contribution in [0.2, 0.25) is 0 Å². The maximum atomic E-state index is 14.7. The molecule has 0 radical (unpaired) electrons. The van der Waals surface area contributed by atoms with E-state index in [0.29, 0.717) is 0 Å². The highest BCUT2D eigenvalue weighted by Gasteiger charge is 2.43. The van der Waals surface area contributed by atoms with Crippen molar-refractivity contribution >= 4 is 29.6 Å². The number of benzene rings is 6. The van der Waals surface area contributed by atoms with E-state index in [1.54, 1.807) is 11.8 Å². The summed E-state index contributed by atoms with van der Waals surface area (Å²) in [5.74, 6) is -3.25. The fraction of sp³-hybridized carbons (Fsp3) is 0.133. The summed E-state index contributed by atoms with van der Waals surface area (Å²) in [6.07, 6.45) is -0.774. The minimum atomic E-state index is -1.64. The van der Waals surface area contributed by atoms with Crippen molar-refractivity contribution in [2.75, 3.05) is 5.75 Å². The SMILES string of the molecule is O=C(O)C[C@@H](NC(=O)[C@H](CSC(c1ccccc1)(c1ccccc1)c1ccccc1)NC(c1ccccc1)(c1ccccc1)c1ccccc1)C(=O)O. The van der Waals surface area contributed by atoms with Gasteiger partial charge in [0.15, 0.2) is 0 Å². The summed E-state index contributed by atoms with van der Waals surface area (Å²) in [6.45, 7) is 0. The molecule has 0 heterocycles. The first-order valence-corrected chi connectivity index (χ1v) is 18.3. The minimum absolute atomic E-state index is 0.151. The molecule has 1 amide bonds. The molecule has 0 spiro atoms. The Bertz CT molecular complexity index is 1890. The molecule has 0 fully saturated rings. The zero-order valence-corrected chi connectivity index (χ0v) is 29.7. The quantitative estimate of drug-likeness (QED) is 0.0758. The second-order valence-electron chi connectivity index (χ2n) is 12.6. The van der Waals surface area contributed by atoms with Crippen LogP contribution in [0, 0.1) is 0 Å². The Morgan fingerprint density at radius 2 is 0.811 bits per heavy atom. The van der Waals surface area contributed by atoms with E-state index in [9.17, 15) is 24.6 Å². The first-order valence-electron chi connectivity index (χ1n) is 17.3. The third-order valence-electron chi connectivity index (χ3n) is 9.33. The highest BCUT2D eigenvalue weighted by Crippen LogP contribution is 2.49. The molecule has 6 aromatic rings. The number of carbonyl (C=O) groups excluding carboxylic acids is 1. The Hall–Kier alpha value is -5.96. The van der Waals surface area contributed by atoms with Gasteiger partial charge in [-0.3, -0.25) is 14.9 Å². The van der Waals surface area contributed by atoms with Gasteiger partial charge in [-0.15, -0.1) is 11.8 Å². The normalized spacial score (nSPS) is 12.7. The Morgan fingerprint density at radius 1 is 0.491 bits per heavy atom. The largest absolute Gasteiger partial charge is 0.481 e. The highest BCUT2D eigenvalue weighted by atomic mass is 32.2. The number of carboxylic acids is 2. The van der Waals surface area contributed by atoms with Crippen molar-refractivity contribution in [1.82, 2.24) is 10.6 Å². The molecule has 0 bridgehead atoms. The lowest BCUT2D eigenvalue weighted by atomic mass is 9.76. The molecule has 0 saturated carbocycles. The molecule has 4 N–H and O–H groups in total. The third kappa shape index (κ3) is 8.09. The van der Waals surface area contributed by atoms with E-state index in [-0.39, 0.29) is 5.75 Å². The van der Waals surface area contributed by atoms with Crippen molar-refractivity contribution in [1.29, 1.82) is 0 Å². The smallest absolute Gasteiger partial charge is 0.326 e. The molecule has 266 valence electrons. The van der Waals surface area contributed by atoms with Crippen molar-refractivity contribution in [3.8, 4) is 0 Å². The Balaban J connectivity index is 1.55. The zero-order valence-electron chi connectivity index (χ0n) is 28.9. The van der Waals surface area contributed by atoms with Crippen LogP contribution < -0.4 is 10.6 Å². The van der Waals surface area contributed by atoms with E-state index in [1.807, 2.05) is 146 Å². The van der Waals surface area contributed by atoms with Gasteiger partial charge in [-0.2, -0.15) is 0 Å². The zero-order chi connectivity index (χ0) is 37.1. The molecule has 6 aromatic carbocycles. The Kier molecular flexibility index (Phi) is 11.8. The van der Waals surface area contributed by atoms with Crippen LogP contribution in [0.15, 0.2) is 182 Å². The topological polar surface area (TPSA) is 116 Å². The maximum Gasteiger partial charge on any atom is 0.326 e. The number of thioether (sulfide) groups is 1. The molecule has 0 saturated heterocycles. The molecule has 0 aromatic heterocycles. The van der Waals surface area contributed by atoms with E-state index in [4.69, 9.17) is 0 Å². The predicted octanol–water partition coefficient (Wildman–Crippen LogP) is 7.71. The first-order chi connectivity index (χ1) is 25.8. The molecule has 7 nitrogen and oxygen atoms in total. The standard InChI is InChI=1S/C45H40N2O5S/c48-41(49)31-39(43(51)52)46-42(50)40(47-44(33-19-7-1-8-20-33,34-21-9-2-10-22-34)35-23-11-3-12-24-35)32-53-45(36-25-13-4-14-26-36,37-27-15-5-16-28-37)38-29-17-6-18-30-38/h1-30,39-40,47H,31-32H2,(H,46,50)(H,48,49)(H,51,52)/t39-,40+/m1/s1. The van der Waals surface area contributed by atoms with Crippen LogP contribution in [0.5, 0.6) is 0 Å². The van der Waals surface area contributed by atoms with Crippen molar-refractivity contribution in [3.63, 3.8) is 0 Å². The molecular formula is C45H40N2O5S. The second-order valence-corrected chi connectivity index (χ2v) is 13.9. The molecule has 2 atom stereocenters. The van der Waals surface area contributed by atoms with Gasteiger partial charge < -0.3 is 15.5 Å². The lowest BCUT2D eigenvalue weighted by molar-refractivity contribution is -0.147. The van der Waals surface area contributed by atoms with Gasteiger partial charge in [0.05, 0.1) is 22.7 Å². The lowest BCUT2D eigenvalue weighted by Gasteiger charge is -2.41. The van der Waals surface area contributed by atoms with E-state index >= 15 is 0 Å². The molecule has 6 rings (SSSR count). The summed E-state index contributed by atoms with van der Waals surface area (Å²) in [7, 11) is 0. The number of amides is 1. The fourth-order valence-corrected chi connectivity index (χ4v) is 8.44. The van der Waals surface area contributed by atoms with E-state index in [1.165, 1.54) is 0 Å². The number of aliphatic carboxylic acids is 2. The summed E-state index contributed by atoms with van der Waals surface area (Å²) in [6, 6.07) is 57.1. The number of nitrogens with one attached hydrogen (secondary N) is 2. The second kappa shape index (κ2) is 17.0. The summed E-state index contributed by atoms with van der Waals surface area (Å²) in [4.78, 5) is 38.7. The third-order valence-corrected chi connectivity index (χ3v) is 11.0. The Morgan fingerprint density at radius 3 is 1.11 bits per heavy atom. The van der Waals surface area contributed by atoms with Crippen LogP contribution >= 0.6 is 11.8 Å².